The van der Waals surface area contributed by atoms with Gasteiger partial charge < -0.3 is 10.1 Å². The molecular formula is C13H15FN2OS. The number of nitrogens with zero attached hydrogens (tertiary/aromatic N) is 1. The van der Waals surface area contributed by atoms with Crippen molar-refractivity contribution in [1.82, 2.24) is 4.98 Å². The standard InChI is InChI=1S/C13H15FN2OS/c1-9-3-4-10(14)7-11(9)12-8-16-13(18-12)15-5-6-17-2/h3-4,7-8H,5-6H2,1-2H3,(H,15,16). The number of aryl methyl sites for hydroxylation is 1. The molecule has 2 aromatic rings. The van der Waals surface area contributed by atoms with E-state index in [1.807, 2.05) is 6.92 Å². The SMILES string of the molecule is COCCNc1ncc(-c2cc(F)ccc2C)s1. The fourth-order valence-corrected chi connectivity index (χ4v) is 2.52. The molecule has 0 aliphatic rings. The third-order valence-corrected chi connectivity index (χ3v) is 3.54. The van der Waals surface area contributed by atoms with Crippen LogP contribution in [0.3, 0.4) is 0 Å². The number of ether oxygens (including phenoxy) is 1. The van der Waals surface area contributed by atoms with Crippen molar-refractivity contribution in [3.63, 3.8) is 0 Å². The molecule has 0 saturated heterocycles. The van der Waals surface area contributed by atoms with Crippen LogP contribution >= 0.6 is 11.3 Å². The van der Waals surface area contributed by atoms with E-state index < -0.39 is 0 Å². The Labute approximate surface area is 110 Å². The maximum absolute atomic E-state index is 13.2. The monoisotopic (exact) mass is 266 g/mol. The first-order valence-electron chi connectivity index (χ1n) is 5.66. The molecule has 0 atom stereocenters. The summed E-state index contributed by atoms with van der Waals surface area (Å²) in [7, 11) is 1.66. The number of aromatic nitrogens is 1. The van der Waals surface area contributed by atoms with Gasteiger partial charge in [0.15, 0.2) is 5.13 Å². The second-order valence-electron chi connectivity index (χ2n) is 3.91. The van der Waals surface area contributed by atoms with Gasteiger partial charge in [0.2, 0.25) is 0 Å². The molecule has 0 saturated carbocycles. The van der Waals surface area contributed by atoms with Gasteiger partial charge in [-0.05, 0) is 30.2 Å². The van der Waals surface area contributed by atoms with Crippen LogP contribution in [0.4, 0.5) is 9.52 Å². The van der Waals surface area contributed by atoms with Gasteiger partial charge in [-0.2, -0.15) is 0 Å². The summed E-state index contributed by atoms with van der Waals surface area (Å²) in [6, 6.07) is 4.79. The predicted octanol–water partition coefficient (Wildman–Crippen LogP) is 3.32. The van der Waals surface area contributed by atoms with Crippen molar-refractivity contribution in [1.29, 1.82) is 0 Å². The fourth-order valence-electron chi connectivity index (χ4n) is 1.60. The van der Waals surface area contributed by atoms with Crippen LogP contribution in [0.2, 0.25) is 0 Å². The van der Waals surface area contributed by atoms with Crippen LogP contribution in [-0.2, 0) is 4.74 Å². The van der Waals surface area contributed by atoms with Gasteiger partial charge in [-0.15, -0.1) is 0 Å². The second kappa shape index (κ2) is 5.93. The molecule has 0 radical (unpaired) electrons. The van der Waals surface area contributed by atoms with Crippen molar-refractivity contribution in [2.75, 3.05) is 25.6 Å². The second-order valence-corrected chi connectivity index (χ2v) is 4.94. The van der Waals surface area contributed by atoms with Gasteiger partial charge >= 0.3 is 0 Å². The van der Waals surface area contributed by atoms with Crippen LogP contribution in [0.25, 0.3) is 10.4 Å². The summed E-state index contributed by atoms with van der Waals surface area (Å²) < 4.78 is 18.2. The molecule has 0 fully saturated rings. The Morgan fingerprint density at radius 1 is 1.44 bits per heavy atom. The number of thiazole rings is 1. The Morgan fingerprint density at radius 2 is 2.28 bits per heavy atom. The van der Waals surface area contributed by atoms with Crippen molar-refractivity contribution >= 4 is 16.5 Å². The fraction of sp³-hybridized carbons (Fsp3) is 0.308. The third-order valence-electron chi connectivity index (χ3n) is 2.55. The van der Waals surface area contributed by atoms with E-state index in [1.54, 1.807) is 25.4 Å². The molecule has 96 valence electrons. The first kappa shape index (κ1) is 13.0. The van der Waals surface area contributed by atoms with Gasteiger partial charge in [0, 0.05) is 19.9 Å². The van der Waals surface area contributed by atoms with E-state index in [9.17, 15) is 4.39 Å². The molecule has 0 bridgehead atoms. The van der Waals surface area contributed by atoms with Crippen molar-refractivity contribution in [3.8, 4) is 10.4 Å². The molecule has 1 aromatic carbocycles. The largest absolute Gasteiger partial charge is 0.383 e. The van der Waals surface area contributed by atoms with Crippen molar-refractivity contribution < 1.29 is 9.13 Å². The Balaban J connectivity index is 2.16. The molecule has 5 heteroatoms. The van der Waals surface area contributed by atoms with Crippen molar-refractivity contribution in [3.05, 3.63) is 35.8 Å². The average Bonchev–Trinajstić information content (AvgIpc) is 2.81. The topological polar surface area (TPSA) is 34.1 Å². The summed E-state index contributed by atoms with van der Waals surface area (Å²) in [4.78, 5) is 5.23. The summed E-state index contributed by atoms with van der Waals surface area (Å²) in [6.45, 7) is 3.31. The molecule has 0 aliphatic carbocycles. The summed E-state index contributed by atoms with van der Waals surface area (Å²) in [6.07, 6.45) is 1.77. The minimum absolute atomic E-state index is 0.224. The number of hydrogen-bond donors (Lipinski definition) is 1. The summed E-state index contributed by atoms with van der Waals surface area (Å²) in [5, 5.41) is 3.98. The van der Waals surface area contributed by atoms with E-state index in [4.69, 9.17) is 4.74 Å². The highest BCUT2D eigenvalue weighted by Crippen LogP contribution is 2.31. The number of hydrogen-bond acceptors (Lipinski definition) is 4. The zero-order valence-electron chi connectivity index (χ0n) is 10.4. The van der Waals surface area contributed by atoms with E-state index >= 15 is 0 Å². The van der Waals surface area contributed by atoms with Crippen LogP contribution in [0.5, 0.6) is 0 Å². The molecule has 1 N–H and O–H groups in total. The lowest BCUT2D eigenvalue weighted by Gasteiger charge is -2.02. The molecule has 18 heavy (non-hydrogen) atoms. The minimum atomic E-state index is -0.224. The average molecular weight is 266 g/mol. The number of nitrogens with one attached hydrogen (secondary N) is 1. The summed E-state index contributed by atoms with van der Waals surface area (Å²) in [5.41, 5.74) is 1.94. The maximum Gasteiger partial charge on any atom is 0.183 e. The van der Waals surface area contributed by atoms with Gasteiger partial charge in [0.1, 0.15) is 5.82 Å². The van der Waals surface area contributed by atoms with Gasteiger partial charge in [0.25, 0.3) is 0 Å². The van der Waals surface area contributed by atoms with Crippen LogP contribution in [0.1, 0.15) is 5.56 Å². The summed E-state index contributed by atoms with van der Waals surface area (Å²) >= 11 is 1.51. The van der Waals surface area contributed by atoms with E-state index in [0.29, 0.717) is 13.2 Å². The van der Waals surface area contributed by atoms with E-state index in [1.165, 1.54) is 17.4 Å². The number of benzene rings is 1. The molecule has 0 spiro atoms. The Morgan fingerprint density at radius 3 is 3.06 bits per heavy atom. The molecule has 1 aromatic heterocycles. The zero-order valence-corrected chi connectivity index (χ0v) is 11.2. The predicted molar refractivity (Wildman–Crippen MR) is 72.6 cm³/mol. The van der Waals surface area contributed by atoms with Crippen LogP contribution in [0.15, 0.2) is 24.4 Å². The van der Waals surface area contributed by atoms with E-state index in [-0.39, 0.29) is 5.82 Å². The quantitative estimate of drug-likeness (QED) is 0.843. The molecule has 1 heterocycles. The van der Waals surface area contributed by atoms with Crippen molar-refractivity contribution in [2.24, 2.45) is 0 Å². The molecular weight excluding hydrogens is 251 g/mol. The van der Waals surface area contributed by atoms with Gasteiger partial charge in [-0.1, -0.05) is 17.4 Å². The van der Waals surface area contributed by atoms with E-state index in [2.05, 4.69) is 10.3 Å². The summed E-state index contributed by atoms with van der Waals surface area (Å²) in [5.74, 6) is -0.224. The van der Waals surface area contributed by atoms with Crippen molar-refractivity contribution in [2.45, 2.75) is 6.92 Å². The first-order valence-corrected chi connectivity index (χ1v) is 6.47. The molecule has 2 rings (SSSR count). The maximum atomic E-state index is 13.2. The first-order chi connectivity index (χ1) is 8.70. The normalized spacial score (nSPS) is 10.6. The number of rotatable bonds is 5. The highest BCUT2D eigenvalue weighted by molar-refractivity contribution is 7.18. The smallest absolute Gasteiger partial charge is 0.183 e. The Hall–Kier alpha value is -1.46. The lowest BCUT2D eigenvalue weighted by Crippen LogP contribution is -2.06. The van der Waals surface area contributed by atoms with E-state index in [0.717, 1.165) is 21.1 Å². The Bertz CT molecular complexity index is 527. The highest BCUT2D eigenvalue weighted by atomic mass is 32.1. The van der Waals surface area contributed by atoms with Gasteiger partial charge in [-0.3, -0.25) is 0 Å². The van der Waals surface area contributed by atoms with Gasteiger partial charge in [-0.25, -0.2) is 9.37 Å². The van der Waals surface area contributed by atoms with Crippen LogP contribution < -0.4 is 5.32 Å². The molecule has 0 unspecified atom stereocenters. The molecule has 0 aliphatic heterocycles. The lowest BCUT2D eigenvalue weighted by molar-refractivity contribution is 0.211. The number of anilines is 1. The number of halogens is 1. The lowest BCUT2D eigenvalue weighted by atomic mass is 10.1. The molecule has 3 nitrogen and oxygen atoms in total. The Kier molecular flexibility index (Phi) is 4.28. The highest BCUT2D eigenvalue weighted by Gasteiger charge is 2.07. The van der Waals surface area contributed by atoms with Crippen LogP contribution in [-0.4, -0.2) is 25.2 Å². The zero-order chi connectivity index (χ0) is 13.0. The third kappa shape index (κ3) is 3.05. The molecule has 0 amide bonds. The van der Waals surface area contributed by atoms with Gasteiger partial charge in [0.05, 0.1) is 11.5 Å². The number of methoxy groups -OCH3 is 1. The van der Waals surface area contributed by atoms with Crippen LogP contribution in [0, 0.1) is 12.7 Å². The minimum Gasteiger partial charge on any atom is -0.383 e.